The molecule has 1 saturated heterocycles. The van der Waals surface area contributed by atoms with Crippen LogP contribution in [-0.4, -0.2) is 34.7 Å². The predicted octanol–water partition coefficient (Wildman–Crippen LogP) is 4.13. The van der Waals surface area contributed by atoms with Gasteiger partial charge >= 0.3 is 0 Å². The maximum absolute atomic E-state index is 6.56. The lowest BCUT2D eigenvalue weighted by Crippen LogP contribution is -2.37. The molecule has 5 heteroatoms. The van der Waals surface area contributed by atoms with E-state index in [1.807, 2.05) is 18.5 Å². The molecule has 0 amide bonds. The van der Waals surface area contributed by atoms with E-state index in [1.54, 1.807) is 0 Å². The van der Waals surface area contributed by atoms with Crippen LogP contribution in [0.3, 0.4) is 0 Å². The van der Waals surface area contributed by atoms with E-state index in [0.717, 1.165) is 43.9 Å². The molecule has 5 rings (SSSR count). The minimum absolute atomic E-state index is 0.0572. The summed E-state index contributed by atoms with van der Waals surface area (Å²) >= 11 is 0. The average Bonchev–Trinajstić information content (AvgIpc) is 3.19. The highest BCUT2D eigenvalue weighted by molar-refractivity contribution is 5.57. The lowest BCUT2D eigenvalue weighted by atomic mass is 9.89. The average molecular weight is 374 g/mol. The zero-order chi connectivity index (χ0) is 18.9. The molecule has 0 radical (unpaired) electrons. The molecule has 2 aliphatic rings. The highest BCUT2D eigenvalue weighted by Crippen LogP contribution is 2.41. The molecular formula is C23H26N4O. The Bertz CT molecular complexity index is 931. The normalized spacial score (nSPS) is 20.2. The standard InChI is InChI=1S/C23H26N4O/c1-25-20-9-12-24-16-22(20)28-23(21-8-5-13-27(21)25)19-10-14-26(15-11-19)17-18-6-3-2-4-7-18/h2-9,12-13,16,19,23H,10-11,14-15,17H2,1H3. The maximum atomic E-state index is 6.56. The van der Waals surface area contributed by atoms with Crippen molar-refractivity contribution < 1.29 is 4.74 Å². The summed E-state index contributed by atoms with van der Waals surface area (Å²) in [5, 5.41) is 2.15. The molecule has 0 bridgehead atoms. The first kappa shape index (κ1) is 17.3. The Labute approximate surface area is 166 Å². The van der Waals surface area contributed by atoms with E-state index in [1.165, 1.54) is 11.3 Å². The van der Waals surface area contributed by atoms with Crippen LogP contribution >= 0.6 is 0 Å². The summed E-state index contributed by atoms with van der Waals surface area (Å²) in [6.07, 6.45) is 8.12. The SMILES string of the molecule is CN1c2ccncc2OC(C2CCN(Cc3ccccc3)CC2)c2cccn21. The van der Waals surface area contributed by atoms with Crippen molar-refractivity contribution in [3.8, 4) is 5.75 Å². The number of aromatic nitrogens is 2. The fraction of sp³-hybridized carbons (Fsp3) is 0.348. The van der Waals surface area contributed by atoms with Crippen molar-refractivity contribution in [3.05, 3.63) is 78.4 Å². The minimum Gasteiger partial charge on any atom is -0.480 e. The Hall–Kier alpha value is -2.79. The van der Waals surface area contributed by atoms with Gasteiger partial charge in [0.1, 0.15) is 11.8 Å². The highest BCUT2D eigenvalue weighted by Gasteiger charge is 2.34. The van der Waals surface area contributed by atoms with Crippen LogP contribution in [0.25, 0.3) is 0 Å². The van der Waals surface area contributed by atoms with Crippen LogP contribution in [0.4, 0.5) is 5.69 Å². The topological polar surface area (TPSA) is 33.5 Å². The Morgan fingerprint density at radius 3 is 2.68 bits per heavy atom. The van der Waals surface area contributed by atoms with Gasteiger partial charge in [-0.15, -0.1) is 0 Å². The molecule has 3 aromatic rings. The quantitative estimate of drug-likeness (QED) is 0.690. The molecule has 0 saturated carbocycles. The molecule has 0 N–H and O–H groups in total. The van der Waals surface area contributed by atoms with Gasteiger partial charge in [0.05, 0.1) is 11.9 Å². The fourth-order valence-electron chi connectivity index (χ4n) is 4.52. The number of ether oxygens (including phenoxy) is 1. The monoisotopic (exact) mass is 374 g/mol. The molecule has 1 aromatic carbocycles. The predicted molar refractivity (Wildman–Crippen MR) is 110 cm³/mol. The summed E-state index contributed by atoms with van der Waals surface area (Å²) < 4.78 is 8.78. The van der Waals surface area contributed by atoms with Crippen LogP contribution in [0.15, 0.2) is 67.1 Å². The number of piperidine rings is 1. The van der Waals surface area contributed by atoms with E-state index < -0.39 is 0 Å². The first-order valence-corrected chi connectivity index (χ1v) is 10.1. The second-order valence-corrected chi connectivity index (χ2v) is 7.78. The molecule has 4 heterocycles. The smallest absolute Gasteiger partial charge is 0.163 e. The van der Waals surface area contributed by atoms with Crippen molar-refractivity contribution in [2.24, 2.45) is 5.92 Å². The maximum Gasteiger partial charge on any atom is 0.163 e. The lowest BCUT2D eigenvalue weighted by Gasteiger charge is -2.35. The summed E-state index contributed by atoms with van der Waals surface area (Å²) in [5.74, 6) is 1.37. The molecule has 5 nitrogen and oxygen atoms in total. The van der Waals surface area contributed by atoms with Crippen molar-refractivity contribution in [1.29, 1.82) is 0 Å². The van der Waals surface area contributed by atoms with Crippen molar-refractivity contribution in [2.45, 2.75) is 25.5 Å². The summed E-state index contributed by atoms with van der Waals surface area (Å²) in [7, 11) is 2.08. The van der Waals surface area contributed by atoms with E-state index in [-0.39, 0.29) is 6.10 Å². The molecular weight excluding hydrogens is 348 g/mol. The van der Waals surface area contributed by atoms with E-state index >= 15 is 0 Å². The fourth-order valence-corrected chi connectivity index (χ4v) is 4.52. The van der Waals surface area contributed by atoms with Gasteiger partial charge in [0.25, 0.3) is 0 Å². The molecule has 0 spiro atoms. The summed E-state index contributed by atoms with van der Waals surface area (Å²) in [6.45, 7) is 3.25. The highest BCUT2D eigenvalue weighted by atomic mass is 16.5. The van der Waals surface area contributed by atoms with Gasteiger partial charge in [0.15, 0.2) is 5.75 Å². The molecule has 1 fully saturated rings. The number of anilines is 1. The van der Waals surface area contributed by atoms with Crippen LogP contribution in [0.5, 0.6) is 5.75 Å². The van der Waals surface area contributed by atoms with Crippen LogP contribution in [0.1, 0.15) is 30.2 Å². The summed E-state index contributed by atoms with van der Waals surface area (Å²) in [5.41, 5.74) is 3.67. The molecule has 144 valence electrons. The lowest BCUT2D eigenvalue weighted by molar-refractivity contribution is 0.0719. The Balaban J connectivity index is 1.35. The van der Waals surface area contributed by atoms with Gasteiger partial charge in [0, 0.05) is 31.9 Å². The van der Waals surface area contributed by atoms with Gasteiger partial charge in [-0.3, -0.25) is 19.6 Å². The van der Waals surface area contributed by atoms with Crippen LogP contribution in [0.2, 0.25) is 0 Å². The van der Waals surface area contributed by atoms with Gasteiger partial charge < -0.3 is 4.74 Å². The summed E-state index contributed by atoms with van der Waals surface area (Å²) in [4.78, 5) is 6.85. The number of hydrogen-bond acceptors (Lipinski definition) is 4. The Kier molecular flexibility index (Phi) is 4.53. The number of rotatable bonds is 3. The van der Waals surface area contributed by atoms with Gasteiger partial charge in [-0.05, 0) is 49.7 Å². The van der Waals surface area contributed by atoms with E-state index in [9.17, 15) is 0 Å². The van der Waals surface area contributed by atoms with Crippen molar-refractivity contribution >= 4 is 5.69 Å². The molecule has 28 heavy (non-hydrogen) atoms. The van der Waals surface area contributed by atoms with Gasteiger partial charge in [-0.2, -0.15) is 0 Å². The minimum atomic E-state index is 0.0572. The number of benzene rings is 1. The largest absolute Gasteiger partial charge is 0.480 e. The first-order valence-electron chi connectivity index (χ1n) is 10.1. The Morgan fingerprint density at radius 2 is 1.86 bits per heavy atom. The molecule has 2 aliphatic heterocycles. The first-order chi connectivity index (χ1) is 13.8. The zero-order valence-corrected chi connectivity index (χ0v) is 16.2. The second-order valence-electron chi connectivity index (χ2n) is 7.78. The number of pyridine rings is 1. The van der Waals surface area contributed by atoms with Crippen molar-refractivity contribution in [2.75, 3.05) is 25.1 Å². The molecule has 2 aromatic heterocycles. The van der Waals surface area contributed by atoms with E-state index in [2.05, 4.69) is 75.3 Å². The zero-order valence-electron chi connectivity index (χ0n) is 16.2. The van der Waals surface area contributed by atoms with E-state index in [4.69, 9.17) is 4.74 Å². The second kappa shape index (κ2) is 7.32. The number of likely N-dealkylation sites (tertiary alicyclic amines) is 1. The third-order valence-corrected chi connectivity index (χ3v) is 6.05. The molecule has 0 aliphatic carbocycles. The Morgan fingerprint density at radius 1 is 1.04 bits per heavy atom. The van der Waals surface area contributed by atoms with Crippen LogP contribution in [-0.2, 0) is 6.54 Å². The van der Waals surface area contributed by atoms with Gasteiger partial charge in [-0.1, -0.05) is 30.3 Å². The third-order valence-electron chi connectivity index (χ3n) is 6.05. The van der Waals surface area contributed by atoms with Crippen molar-refractivity contribution in [1.82, 2.24) is 14.6 Å². The van der Waals surface area contributed by atoms with Crippen molar-refractivity contribution in [3.63, 3.8) is 0 Å². The summed E-state index contributed by atoms with van der Waals surface area (Å²) in [6, 6.07) is 17.1. The molecule has 1 atom stereocenters. The molecule has 1 unspecified atom stereocenters. The van der Waals surface area contributed by atoms with E-state index in [0.29, 0.717) is 5.92 Å². The van der Waals surface area contributed by atoms with Gasteiger partial charge in [-0.25, -0.2) is 0 Å². The van der Waals surface area contributed by atoms with Gasteiger partial charge in [0.2, 0.25) is 0 Å². The number of hydrogen-bond donors (Lipinski definition) is 0. The number of fused-ring (bicyclic) bond motifs is 2. The number of nitrogens with zero attached hydrogens (tertiary/aromatic N) is 4. The third kappa shape index (κ3) is 3.16. The van der Waals surface area contributed by atoms with Crippen LogP contribution in [0, 0.1) is 5.92 Å². The van der Waals surface area contributed by atoms with Crippen LogP contribution < -0.4 is 9.75 Å².